The third kappa shape index (κ3) is 4.50. The minimum atomic E-state index is -0.613. The Hall–Kier alpha value is -2.51. The number of aromatic nitrogens is 1. The molecule has 0 spiro atoms. The summed E-state index contributed by atoms with van der Waals surface area (Å²) in [5.41, 5.74) is 0.899. The first kappa shape index (κ1) is 17.8. The van der Waals surface area contributed by atoms with Crippen molar-refractivity contribution in [3.05, 3.63) is 63.8 Å². The van der Waals surface area contributed by atoms with Gasteiger partial charge in [0.05, 0.1) is 19.3 Å². The molecule has 7 heteroatoms. The van der Waals surface area contributed by atoms with Crippen molar-refractivity contribution in [1.29, 1.82) is 0 Å². The molecule has 0 aliphatic rings. The molecule has 1 atom stereocenters. The maximum atomic E-state index is 11.0. The molecule has 0 radical (unpaired) electrons. The molecule has 2 aromatic rings. The van der Waals surface area contributed by atoms with E-state index in [1.807, 2.05) is 31.2 Å². The number of hydrogen-bond acceptors (Lipinski definition) is 6. The molecule has 0 amide bonds. The van der Waals surface area contributed by atoms with Crippen molar-refractivity contribution in [2.45, 2.75) is 25.4 Å². The molecule has 7 nitrogen and oxygen atoms in total. The van der Waals surface area contributed by atoms with Crippen LogP contribution in [0, 0.1) is 10.1 Å². The van der Waals surface area contributed by atoms with Crippen LogP contribution in [0.25, 0.3) is 0 Å². The molecule has 0 saturated heterocycles. The largest absolute Gasteiger partial charge is 0.497 e. The van der Waals surface area contributed by atoms with Crippen molar-refractivity contribution in [3.63, 3.8) is 0 Å². The summed E-state index contributed by atoms with van der Waals surface area (Å²) in [6.07, 6.45) is 1.96. The summed E-state index contributed by atoms with van der Waals surface area (Å²) in [5.74, 6) is 0.595. The van der Waals surface area contributed by atoms with Gasteiger partial charge in [0.2, 0.25) is 0 Å². The minimum absolute atomic E-state index is 0.104. The van der Waals surface area contributed by atoms with E-state index in [1.165, 1.54) is 6.20 Å². The smallest absolute Gasteiger partial charge is 0.367 e. The first-order valence-electron chi connectivity index (χ1n) is 7.54. The summed E-state index contributed by atoms with van der Waals surface area (Å²) in [4.78, 5) is 14.3. The number of nitrogens with one attached hydrogen (secondary N) is 1. The van der Waals surface area contributed by atoms with Crippen LogP contribution in [-0.2, 0) is 13.0 Å². The number of methoxy groups -OCH3 is 1. The van der Waals surface area contributed by atoms with Crippen LogP contribution in [0.5, 0.6) is 5.75 Å². The van der Waals surface area contributed by atoms with Crippen LogP contribution in [-0.4, -0.2) is 34.3 Å². The number of rotatable bonds is 8. The number of nitrogens with zero attached hydrogens (tertiary/aromatic N) is 2. The average Bonchev–Trinajstić information content (AvgIpc) is 2.61. The van der Waals surface area contributed by atoms with Gasteiger partial charge in [0.15, 0.2) is 0 Å². The van der Waals surface area contributed by atoms with Crippen LogP contribution < -0.4 is 10.1 Å². The van der Waals surface area contributed by atoms with E-state index in [4.69, 9.17) is 4.74 Å². The van der Waals surface area contributed by atoms with Crippen LogP contribution in [0.4, 0.5) is 5.82 Å². The molecule has 2 N–H and O–H groups in total. The van der Waals surface area contributed by atoms with Crippen LogP contribution in [0.3, 0.4) is 0 Å². The minimum Gasteiger partial charge on any atom is -0.497 e. The number of aliphatic hydroxyl groups is 1. The fourth-order valence-electron chi connectivity index (χ4n) is 2.41. The molecule has 0 aliphatic heterocycles. The van der Waals surface area contributed by atoms with Gasteiger partial charge < -0.3 is 25.3 Å². The van der Waals surface area contributed by atoms with E-state index >= 15 is 0 Å². The zero-order valence-corrected chi connectivity index (χ0v) is 13.7. The summed E-state index contributed by atoms with van der Waals surface area (Å²) in [6, 6.07) is 10.9. The molecule has 1 heterocycles. The standard InChI is InChI=1S/C17H21N3O4/c1-17(12-21,10-13-5-7-15(24-2)8-6-13)19-11-14-4-3-9-18-16(14)20(22)23/h3-9,19,21H,10-12H2,1-2H3. The second-order valence-corrected chi connectivity index (χ2v) is 5.84. The van der Waals surface area contributed by atoms with E-state index in [9.17, 15) is 15.2 Å². The van der Waals surface area contributed by atoms with Crippen molar-refractivity contribution in [1.82, 2.24) is 10.3 Å². The molecule has 24 heavy (non-hydrogen) atoms. The Labute approximate surface area is 140 Å². The molecular formula is C17H21N3O4. The first-order chi connectivity index (χ1) is 11.5. The van der Waals surface area contributed by atoms with Gasteiger partial charge in [0.25, 0.3) is 0 Å². The molecule has 128 valence electrons. The maximum absolute atomic E-state index is 11.0. The second-order valence-electron chi connectivity index (χ2n) is 5.84. The van der Waals surface area contributed by atoms with Crippen molar-refractivity contribution in [2.75, 3.05) is 13.7 Å². The topological polar surface area (TPSA) is 97.5 Å². The molecule has 1 unspecified atom stereocenters. The molecule has 2 rings (SSSR count). The van der Waals surface area contributed by atoms with E-state index < -0.39 is 10.5 Å². The maximum Gasteiger partial charge on any atom is 0.367 e. The molecule has 0 bridgehead atoms. The SMILES string of the molecule is COc1ccc(CC(C)(CO)NCc2cccnc2[N+](=O)[O-])cc1. The van der Waals surface area contributed by atoms with Gasteiger partial charge >= 0.3 is 5.82 Å². The number of nitro groups is 1. The fourth-order valence-corrected chi connectivity index (χ4v) is 2.41. The average molecular weight is 331 g/mol. The zero-order valence-electron chi connectivity index (χ0n) is 13.7. The lowest BCUT2D eigenvalue weighted by Gasteiger charge is -2.29. The van der Waals surface area contributed by atoms with Crippen LogP contribution in [0.15, 0.2) is 42.6 Å². The Morgan fingerprint density at radius 1 is 1.33 bits per heavy atom. The second kappa shape index (κ2) is 7.85. The lowest BCUT2D eigenvalue weighted by molar-refractivity contribution is -0.390. The quantitative estimate of drug-likeness (QED) is 0.568. The van der Waals surface area contributed by atoms with Crippen molar-refractivity contribution in [2.24, 2.45) is 0 Å². The van der Waals surface area contributed by atoms with Crippen LogP contribution in [0.1, 0.15) is 18.1 Å². The van der Waals surface area contributed by atoms with Gasteiger partial charge in [-0.3, -0.25) is 0 Å². The molecular weight excluding hydrogens is 310 g/mol. The van der Waals surface area contributed by atoms with Crippen molar-refractivity contribution < 1.29 is 14.8 Å². The van der Waals surface area contributed by atoms with Gasteiger partial charge in [-0.15, -0.1) is 0 Å². The number of aliphatic hydroxyl groups excluding tert-OH is 1. The Morgan fingerprint density at radius 3 is 2.62 bits per heavy atom. The predicted octanol–water partition coefficient (Wildman–Crippen LogP) is 2.08. The van der Waals surface area contributed by atoms with Crippen LogP contribution >= 0.6 is 0 Å². The number of benzene rings is 1. The van der Waals surface area contributed by atoms with Crippen molar-refractivity contribution >= 4 is 5.82 Å². The monoisotopic (exact) mass is 331 g/mol. The Balaban J connectivity index is 2.08. The van der Waals surface area contributed by atoms with Crippen molar-refractivity contribution in [3.8, 4) is 5.75 Å². The number of hydrogen-bond donors (Lipinski definition) is 2. The Morgan fingerprint density at radius 2 is 2.04 bits per heavy atom. The van der Waals surface area contributed by atoms with E-state index in [1.54, 1.807) is 19.2 Å². The van der Waals surface area contributed by atoms with Gasteiger partial charge in [-0.25, -0.2) is 0 Å². The molecule has 1 aromatic carbocycles. The predicted molar refractivity (Wildman–Crippen MR) is 89.9 cm³/mol. The summed E-state index contributed by atoms with van der Waals surface area (Å²) in [5, 5.41) is 24.0. The van der Waals surface area contributed by atoms with E-state index in [2.05, 4.69) is 10.3 Å². The first-order valence-corrected chi connectivity index (χ1v) is 7.54. The van der Waals surface area contributed by atoms with E-state index in [0.717, 1.165) is 11.3 Å². The fraction of sp³-hybridized carbons (Fsp3) is 0.353. The highest BCUT2D eigenvalue weighted by Gasteiger charge is 2.25. The van der Waals surface area contributed by atoms with Gasteiger partial charge in [-0.05, 0) is 53.1 Å². The molecule has 0 saturated carbocycles. The number of pyridine rings is 1. The van der Waals surface area contributed by atoms with Gasteiger partial charge in [-0.1, -0.05) is 12.1 Å². The third-order valence-electron chi connectivity index (χ3n) is 3.85. The summed E-state index contributed by atoms with van der Waals surface area (Å²) >= 11 is 0. The normalized spacial score (nSPS) is 13.3. The lowest BCUT2D eigenvalue weighted by Crippen LogP contribution is -2.47. The zero-order chi connectivity index (χ0) is 17.6. The Bertz CT molecular complexity index is 690. The molecule has 1 aromatic heterocycles. The van der Waals surface area contributed by atoms with Gasteiger partial charge in [0, 0.05) is 12.1 Å². The summed E-state index contributed by atoms with van der Waals surface area (Å²) in [7, 11) is 1.61. The number of ether oxygens (including phenoxy) is 1. The van der Waals surface area contributed by atoms with Gasteiger partial charge in [-0.2, -0.15) is 0 Å². The summed E-state index contributed by atoms with van der Waals surface area (Å²) in [6.45, 7) is 2.02. The highest BCUT2D eigenvalue weighted by atomic mass is 16.6. The summed E-state index contributed by atoms with van der Waals surface area (Å²) < 4.78 is 5.13. The highest BCUT2D eigenvalue weighted by molar-refractivity contribution is 5.32. The highest BCUT2D eigenvalue weighted by Crippen LogP contribution is 2.19. The van der Waals surface area contributed by atoms with E-state index in [0.29, 0.717) is 12.0 Å². The Kier molecular flexibility index (Phi) is 5.83. The van der Waals surface area contributed by atoms with Gasteiger partial charge in [0.1, 0.15) is 11.9 Å². The van der Waals surface area contributed by atoms with E-state index in [-0.39, 0.29) is 19.0 Å². The lowest BCUT2D eigenvalue weighted by atomic mass is 9.93. The molecule has 0 fully saturated rings. The van der Waals surface area contributed by atoms with Crippen LogP contribution in [0.2, 0.25) is 0 Å². The molecule has 0 aliphatic carbocycles. The third-order valence-corrected chi connectivity index (χ3v) is 3.85.